The van der Waals surface area contributed by atoms with Gasteiger partial charge in [0.2, 0.25) is 5.91 Å². The smallest absolute Gasteiger partial charge is 0.269 e. The number of hydrogen-bond acceptors (Lipinski definition) is 5. The minimum absolute atomic E-state index is 0.0106. The minimum atomic E-state index is -0.440. The van der Waals surface area contributed by atoms with Gasteiger partial charge in [-0.2, -0.15) is 11.8 Å². The van der Waals surface area contributed by atoms with Gasteiger partial charge in [0, 0.05) is 12.1 Å². The van der Waals surface area contributed by atoms with Crippen molar-refractivity contribution < 1.29 is 9.72 Å². The average molecular weight is 384 g/mol. The highest BCUT2D eigenvalue weighted by Gasteiger charge is 2.16. The van der Waals surface area contributed by atoms with Crippen LogP contribution in [0.1, 0.15) is 24.4 Å². The van der Waals surface area contributed by atoms with Gasteiger partial charge in [0.1, 0.15) is 12.4 Å². The fourth-order valence-electron chi connectivity index (χ4n) is 2.96. The summed E-state index contributed by atoms with van der Waals surface area (Å²) >= 11 is 1.65. The maximum Gasteiger partial charge on any atom is 0.269 e. The highest BCUT2D eigenvalue weighted by Crippen LogP contribution is 2.21. The molecule has 3 aromatic rings. The Labute approximate surface area is 160 Å². The van der Waals surface area contributed by atoms with E-state index in [2.05, 4.69) is 10.3 Å². The van der Waals surface area contributed by atoms with Gasteiger partial charge in [-0.15, -0.1) is 0 Å². The molecule has 1 amide bonds. The monoisotopic (exact) mass is 384 g/mol. The van der Waals surface area contributed by atoms with Gasteiger partial charge in [0.05, 0.1) is 27.8 Å². The van der Waals surface area contributed by atoms with E-state index < -0.39 is 4.92 Å². The average Bonchev–Trinajstić information content (AvgIpc) is 2.99. The van der Waals surface area contributed by atoms with Gasteiger partial charge in [-0.3, -0.25) is 14.9 Å². The molecule has 0 spiro atoms. The molecule has 3 rings (SSSR count). The number of nitrogens with one attached hydrogen (secondary N) is 1. The molecular formula is C19H20N4O3S. The molecule has 0 saturated heterocycles. The summed E-state index contributed by atoms with van der Waals surface area (Å²) < 4.78 is 1.92. The van der Waals surface area contributed by atoms with Gasteiger partial charge in [-0.25, -0.2) is 4.98 Å². The number of rotatable bonds is 7. The molecule has 27 heavy (non-hydrogen) atoms. The summed E-state index contributed by atoms with van der Waals surface area (Å²) in [7, 11) is 0. The lowest BCUT2D eigenvalue weighted by atomic mass is 10.1. The molecule has 0 bridgehead atoms. The second-order valence-electron chi connectivity index (χ2n) is 6.18. The lowest BCUT2D eigenvalue weighted by Crippen LogP contribution is -2.30. The summed E-state index contributed by atoms with van der Waals surface area (Å²) in [4.78, 5) is 27.7. The van der Waals surface area contributed by atoms with Crippen LogP contribution in [0.5, 0.6) is 0 Å². The highest BCUT2D eigenvalue weighted by atomic mass is 32.2. The largest absolute Gasteiger partial charge is 0.348 e. The van der Waals surface area contributed by atoms with E-state index >= 15 is 0 Å². The number of aromatic nitrogens is 2. The van der Waals surface area contributed by atoms with Crippen molar-refractivity contribution in [2.24, 2.45) is 0 Å². The first-order valence-electron chi connectivity index (χ1n) is 8.46. The lowest BCUT2D eigenvalue weighted by Gasteiger charge is -2.15. The SMILES string of the molecule is CSCc1nc2ccccc2n1CC(=O)NC(C)c1cccc([N+](=O)[O-])c1. The summed E-state index contributed by atoms with van der Waals surface area (Å²) in [5.74, 6) is 1.39. The first-order valence-corrected chi connectivity index (χ1v) is 9.85. The molecule has 0 aliphatic rings. The zero-order chi connectivity index (χ0) is 19.4. The standard InChI is InChI=1S/C19H20N4O3S/c1-13(14-6-5-7-15(10-14)23(25)26)20-19(24)11-22-17-9-4-3-8-16(17)21-18(22)12-27-2/h3-10,13H,11-12H2,1-2H3,(H,20,24). The highest BCUT2D eigenvalue weighted by molar-refractivity contribution is 7.97. The summed E-state index contributed by atoms with van der Waals surface area (Å²) in [5, 5.41) is 13.9. The van der Waals surface area contributed by atoms with E-state index in [0.717, 1.165) is 16.9 Å². The van der Waals surface area contributed by atoms with Crippen molar-refractivity contribution in [1.29, 1.82) is 0 Å². The van der Waals surface area contributed by atoms with Crippen molar-refractivity contribution in [2.75, 3.05) is 6.26 Å². The predicted octanol–water partition coefficient (Wildman–Crippen LogP) is 3.68. The van der Waals surface area contributed by atoms with Gasteiger partial charge in [-0.1, -0.05) is 24.3 Å². The van der Waals surface area contributed by atoms with Crippen LogP contribution in [-0.4, -0.2) is 26.6 Å². The zero-order valence-electron chi connectivity index (χ0n) is 15.1. The summed E-state index contributed by atoms with van der Waals surface area (Å²) in [6.07, 6.45) is 1.99. The number of para-hydroxylation sites is 2. The molecule has 1 aromatic heterocycles. The molecule has 1 unspecified atom stereocenters. The summed E-state index contributed by atoms with van der Waals surface area (Å²) in [5.41, 5.74) is 2.48. The van der Waals surface area contributed by atoms with E-state index in [1.165, 1.54) is 12.1 Å². The summed E-state index contributed by atoms with van der Waals surface area (Å²) in [6, 6.07) is 13.7. The van der Waals surface area contributed by atoms with E-state index in [9.17, 15) is 14.9 Å². The van der Waals surface area contributed by atoms with E-state index in [1.807, 2.05) is 42.0 Å². The zero-order valence-corrected chi connectivity index (χ0v) is 15.9. The van der Waals surface area contributed by atoms with Gasteiger partial charge < -0.3 is 9.88 Å². The van der Waals surface area contributed by atoms with Gasteiger partial charge in [0.25, 0.3) is 5.69 Å². The Hall–Kier alpha value is -2.87. The van der Waals surface area contributed by atoms with Gasteiger partial charge in [-0.05, 0) is 30.9 Å². The van der Waals surface area contributed by atoms with Crippen LogP contribution < -0.4 is 5.32 Å². The molecule has 1 heterocycles. The van der Waals surface area contributed by atoms with Gasteiger partial charge >= 0.3 is 0 Å². The molecule has 0 radical (unpaired) electrons. The van der Waals surface area contributed by atoms with E-state index in [1.54, 1.807) is 23.9 Å². The first-order chi connectivity index (χ1) is 13.0. The second-order valence-corrected chi connectivity index (χ2v) is 7.04. The van der Waals surface area contributed by atoms with E-state index in [4.69, 9.17) is 0 Å². The van der Waals surface area contributed by atoms with Crippen LogP contribution in [-0.2, 0) is 17.1 Å². The van der Waals surface area contributed by atoms with Crippen LogP contribution in [0.25, 0.3) is 11.0 Å². The van der Waals surface area contributed by atoms with Crippen molar-refractivity contribution in [3.63, 3.8) is 0 Å². The number of fused-ring (bicyclic) bond motifs is 1. The number of carbonyl (C=O) groups excluding carboxylic acids is 1. The number of non-ortho nitro benzene ring substituents is 1. The van der Waals surface area contributed by atoms with Crippen LogP contribution in [0.2, 0.25) is 0 Å². The number of benzene rings is 2. The van der Waals surface area contributed by atoms with Crippen molar-refractivity contribution in [3.8, 4) is 0 Å². The maximum absolute atomic E-state index is 12.6. The maximum atomic E-state index is 12.6. The predicted molar refractivity (Wildman–Crippen MR) is 107 cm³/mol. The third kappa shape index (κ3) is 4.28. The fraction of sp³-hybridized carbons (Fsp3) is 0.263. The molecule has 0 saturated carbocycles. The van der Waals surface area contributed by atoms with E-state index in [0.29, 0.717) is 11.3 Å². The van der Waals surface area contributed by atoms with Gasteiger partial charge in [0.15, 0.2) is 0 Å². The molecule has 7 nitrogen and oxygen atoms in total. The number of imidazole rings is 1. The van der Waals surface area contributed by atoms with Crippen molar-refractivity contribution in [1.82, 2.24) is 14.9 Å². The molecule has 140 valence electrons. The normalized spacial score (nSPS) is 12.1. The fourth-order valence-corrected chi connectivity index (χ4v) is 3.44. The van der Waals surface area contributed by atoms with Crippen LogP contribution >= 0.6 is 11.8 Å². The van der Waals surface area contributed by atoms with Crippen molar-refractivity contribution in [3.05, 3.63) is 70.0 Å². The Balaban J connectivity index is 1.78. The van der Waals surface area contributed by atoms with Crippen molar-refractivity contribution >= 4 is 34.4 Å². The van der Waals surface area contributed by atoms with E-state index in [-0.39, 0.29) is 24.2 Å². The molecule has 8 heteroatoms. The Morgan fingerprint density at radius 3 is 2.81 bits per heavy atom. The minimum Gasteiger partial charge on any atom is -0.348 e. The topological polar surface area (TPSA) is 90.1 Å². The molecule has 1 N–H and O–H groups in total. The number of nitro benzene ring substituents is 1. The third-order valence-corrected chi connectivity index (χ3v) is 4.81. The Kier molecular flexibility index (Phi) is 5.75. The molecule has 0 aliphatic carbocycles. The second kappa shape index (κ2) is 8.22. The quantitative estimate of drug-likeness (QED) is 0.496. The van der Waals surface area contributed by atoms with Crippen LogP contribution in [0.15, 0.2) is 48.5 Å². The first kappa shape index (κ1) is 18.9. The third-order valence-electron chi connectivity index (χ3n) is 4.27. The lowest BCUT2D eigenvalue weighted by molar-refractivity contribution is -0.384. The molecule has 2 aromatic carbocycles. The number of hydrogen-bond donors (Lipinski definition) is 1. The number of nitrogens with zero attached hydrogens (tertiary/aromatic N) is 3. The molecule has 0 aliphatic heterocycles. The Morgan fingerprint density at radius 2 is 2.07 bits per heavy atom. The van der Waals surface area contributed by atoms with Crippen LogP contribution in [0, 0.1) is 10.1 Å². The molecule has 0 fully saturated rings. The number of nitro groups is 1. The Bertz CT molecular complexity index is 986. The van der Waals surface area contributed by atoms with Crippen LogP contribution in [0.4, 0.5) is 5.69 Å². The van der Waals surface area contributed by atoms with Crippen LogP contribution in [0.3, 0.4) is 0 Å². The van der Waals surface area contributed by atoms with Crippen molar-refractivity contribution in [2.45, 2.75) is 25.3 Å². The summed E-state index contributed by atoms with van der Waals surface area (Å²) in [6.45, 7) is 1.96. The molecule has 1 atom stereocenters. The molecular weight excluding hydrogens is 364 g/mol. The Morgan fingerprint density at radius 1 is 1.30 bits per heavy atom. The number of carbonyl (C=O) groups is 1. The number of amides is 1. The number of thioether (sulfide) groups is 1.